The van der Waals surface area contributed by atoms with Crippen molar-refractivity contribution in [3.05, 3.63) is 0 Å². The van der Waals surface area contributed by atoms with Gasteiger partial charge in [0.1, 0.15) is 0 Å². The van der Waals surface area contributed by atoms with Crippen molar-refractivity contribution in [3.8, 4) is 0 Å². The van der Waals surface area contributed by atoms with E-state index in [1.54, 1.807) is 7.05 Å². The third kappa shape index (κ3) is 21.4. The van der Waals surface area contributed by atoms with Crippen molar-refractivity contribution < 1.29 is 25.2 Å². The third-order valence-electron chi connectivity index (χ3n) is 3.85. The van der Waals surface area contributed by atoms with Crippen molar-refractivity contribution >= 4 is 5.91 Å². The lowest BCUT2D eigenvalue weighted by atomic mass is 10.2. The second-order valence-corrected chi connectivity index (χ2v) is 6.65. The molecular formula is C20H43NO5. The molecule has 0 aliphatic carbocycles. The molecule has 0 spiro atoms. The van der Waals surface area contributed by atoms with Crippen LogP contribution < -0.4 is 5.32 Å². The summed E-state index contributed by atoms with van der Waals surface area (Å²) in [7, 11) is 1.67. The molecule has 0 saturated carbocycles. The molecule has 1 N–H and O–H groups in total. The Bertz CT molecular complexity index is 306. The highest BCUT2D eigenvalue weighted by atomic mass is 16.5. The number of nitrogens with one attached hydrogen (secondary N) is 1. The Hall–Kier alpha value is -0.690. The topological polar surface area (TPSA) is 66.0 Å². The van der Waals surface area contributed by atoms with Crippen LogP contribution in [0, 0.1) is 0 Å². The Balaban J connectivity index is 0. The second kappa shape index (κ2) is 20.6. The van der Waals surface area contributed by atoms with Crippen LogP contribution >= 0.6 is 0 Å². The van der Waals surface area contributed by atoms with Gasteiger partial charge in [0, 0.05) is 34.7 Å². The zero-order valence-electron chi connectivity index (χ0n) is 17.2. The van der Waals surface area contributed by atoms with Crippen molar-refractivity contribution in [2.24, 2.45) is 0 Å². The highest BCUT2D eigenvalue weighted by Crippen LogP contribution is 2.02. The zero-order chi connectivity index (χ0) is 19.3. The summed E-state index contributed by atoms with van der Waals surface area (Å²) in [5.41, 5.74) is 0. The van der Waals surface area contributed by atoms with Gasteiger partial charge < -0.3 is 24.3 Å². The highest BCUT2D eigenvalue weighted by molar-refractivity contribution is 5.75. The van der Waals surface area contributed by atoms with Gasteiger partial charge in [-0.3, -0.25) is 4.79 Å². The number of ether oxygens (including phenoxy) is 4. The molecule has 1 amide bonds. The van der Waals surface area contributed by atoms with Crippen LogP contribution in [0.1, 0.15) is 66.6 Å². The molecule has 0 aromatic carbocycles. The Morgan fingerprint density at radius 1 is 0.731 bits per heavy atom. The maximum absolute atomic E-state index is 11.0. The van der Waals surface area contributed by atoms with Crippen molar-refractivity contribution in [1.82, 2.24) is 5.32 Å². The fourth-order valence-corrected chi connectivity index (χ4v) is 2.31. The van der Waals surface area contributed by atoms with Crippen LogP contribution in [0.4, 0.5) is 0 Å². The van der Waals surface area contributed by atoms with Crippen LogP contribution in [0.25, 0.3) is 0 Å². The van der Waals surface area contributed by atoms with Gasteiger partial charge in [-0.05, 0) is 39.5 Å². The lowest BCUT2D eigenvalue weighted by molar-refractivity contribution is -0.120. The number of carbonyl (C=O) groups is 1. The number of amides is 1. The molecule has 0 unspecified atom stereocenters. The molecule has 0 atom stereocenters. The number of hydrogen-bond acceptors (Lipinski definition) is 5. The van der Waals surface area contributed by atoms with Crippen LogP contribution in [0.5, 0.6) is 0 Å². The van der Waals surface area contributed by atoms with Gasteiger partial charge in [0.05, 0.1) is 32.5 Å². The normalized spacial score (nSPS) is 11.2. The summed E-state index contributed by atoms with van der Waals surface area (Å²) < 4.78 is 22.0. The Morgan fingerprint density at radius 2 is 1.19 bits per heavy atom. The van der Waals surface area contributed by atoms with E-state index in [0.29, 0.717) is 39.0 Å². The quantitative estimate of drug-likeness (QED) is 0.329. The fraction of sp³-hybridized carbons (Fsp3) is 0.950. The van der Waals surface area contributed by atoms with Gasteiger partial charge in [-0.25, -0.2) is 0 Å². The molecule has 0 aliphatic rings. The van der Waals surface area contributed by atoms with E-state index in [4.69, 9.17) is 18.9 Å². The maximum atomic E-state index is 11.0. The SMILES string of the molecule is CNC(=O)CCCCCOCCOCCOCCCCCCOC(C)C.[HH]. The number of carbonyl (C=O) groups excluding carboxylic acids is 1. The molecule has 0 aromatic heterocycles. The first kappa shape index (κ1) is 25.3. The standard InChI is InChI=1S/C20H41NO5.H2/c1-19(2)26-14-10-5-4-8-12-23-15-17-25-18-16-24-13-9-6-7-11-20(22)21-3;/h19H,4-18H2,1-3H3,(H,21,22);1H. The largest absolute Gasteiger partial charge is 0.379 e. The summed E-state index contributed by atoms with van der Waals surface area (Å²) in [5, 5.41) is 2.62. The summed E-state index contributed by atoms with van der Waals surface area (Å²) in [6.45, 7) is 9.04. The summed E-state index contributed by atoms with van der Waals surface area (Å²) in [4.78, 5) is 11.0. The maximum Gasteiger partial charge on any atom is 0.219 e. The van der Waals surface area contributed by atoms with Gasteiger partial charge in [-0.1, -0.05) is 19.3 Å². The monoisotopic (exact) mass is 377 g/mol. The minimum Gasteiger partial charge on any atom is -0.379 e. The minimum absolute atomic E-state index is 0. The Kier molecular flexibility index (Phi) is 20.1. The molecule has 26 heavy (non-hydrogen) atoms. The van der Waals surface area contributed by atoms with Crippen molar-refractivity contribution in [3.63, 3.8) is 0 Å². The first-order valence-corrected chi connectivity index (χ1v) is 10.2. The van der Waals surface area contributed by atoms with Gasteiger partial charge in [-0.15, -0.1) is 0 Å². The van der Waals surface area contributed by atoms with Crippen molar-refractivity contribution in [1.29, 1.82) is 0 Å². The molecule has 6 heteroatoms. The van der Waals surface area contributed by atoms with E-state index in [2.05, 4.69) is 19.2 Å². The van der Waals surface area contributed by atoms with Crippen LogP contribution in [0.3, 0.4) is 0 Å². The van der Waals surface area contributed by atoms with E-state index in [1.165, 1.54) is 12.8 Å². The van der Waals surface area contributed by atoms with E-state index in [9.17, 15) is 4.79 Å². The van der Waals surface area contributed by atoms with Crippen LogP contribution in [0.15, 0.2) is 0 Å². The lowest BCUT2D eigenvalue weighted by Crippen LogP contribution is -2.16. The predicted molar refractivity (Wildman–Crippen MR) is 107 cm³/mol. The van der Waals surface area contributed by atoms with Gasteiger partial charge in [-0.2, -0.15) is 0 Å². The first-order valence-electron chi connectivity index (χ1n) is 10.2. The number of unbranched alkanes of at least 4 members (excludes halogenated alkanes) is 5. The average Bonchev–Trinajstić information content (AvgIpc) is 2.63. The highest BCUT2D eigenvalue weighted by Gasteiger charge is 1.98. The van der Waals surface area contributed by atoms with Gasteiger partial charge in [0.25, 0.3) is 0 Å². The molecule has 0 saturated heterocycles. The zero-order valence-corrected chi connectivity index (χ0v) is 17.2. The number of rotatable bonds is 20. The predicted octanol–water partition coefficient (Wildman–Crippen LogP) is 3.57. The van der Waals surface area contributed by atoms with E-state index in [-0.39, 0.29) is 7.33 Å². The lowest BCUT2D eigenvalue weighted by Gasteiger charge is -2.08. The van der Waals surface area contributed by atoms with Gasteiger partial charge >= 0.3 is 0 Å². The molecule has 6 nitrogen and oxygen atoms in total. The molecule has 0 aliphatic heterocycles. The molecular weight excluding hydrogens is 334 g/mol. The molecule has 0 radical (unpaired) electrons. The Labute approximate surface area is 161 Å². The molecule has 0 heterocycles. The summed E-state index contributed by atoms with van der Waals surface area (Å²) >= 11 is 0. The van der Waals surface area contributed by atoms with Gasteiger partial charge in [0.2, 0.25) is 5.91 Å². The van der Waals surface area contributed by atoms with E-state index in [0.717, 1.165) is 51.9 Å². The molecule has 0 rings (SSSR count). The number of hydrogen-bond donors (Lipinski definition) is 1. The smallest absolute Gasteiger partial charge is 0.219 e. The van der Waals surface area contributed by atoms with Crippen LogP contribution in [0.2, 0.25) is 0 Å². The molecule has 0 aromatic rings. The summed E-state index contributed by atoms with van der Waals surface area (Å²) in [6, 6.07) is 0. The Morgan fingerprint density at radius 3 is 1.69 bits per heavy atom. The second-order valence-electron chi connectivity index (χ2n) is 6.65. The molecule has 158 valence electrons. The van der Waals surface area contributed by atoms with E-state index in [1.807, 2.05) is 0 Å². The van der Waals surface area contributed by atoms with E-state index < -0.39 is 0 Å². The minimum atomic E-state index is 0. The average molecular weight is 378 g/mol. The summed E-state index contributed by atoms with van der Waals surface area (Å²) in [6.07, 6.45) is 8.50. The van der Waals surface area contributed by atoms with Crippen molar-refractivity contribution in [2.75, 3.05) is 53.3 Å². The van der Waals surface area contributed by atoms with Crippen molar-refractivity contribution in [2.45, 2.75) is 71.3 Å². The first-order chi connectivity index (χ1) is 12.7. The van der Waals surface area contributed by atoms with Crippen LogP contribution in [-0.2, 0) is 23.7 Å². The fourth-order valence-electron chi connectivity index (χ4n) is 2.31. The molecule has 0 fully saturated rings. The van der Waals surface area contributed by atoms with Crippen LogP contribution in [-0.4, -0.2) is 65.3 Å². The van der Waals surface area contributed by atoms with E-state index >= 15 is 0 Å². The molecule has 0 bridgehead atoms. The summed E-state index contributed by atoms with van der Waals surface area (Å²) in [5.74, 6) is 0.109. The third-order valence-corrected chi connectivity index (χ3v) is 3.85. The van der Waals surface area contributed by atoms with Gasteiger partial charge in [0.15, 0.2) is 0 Å².